The molecular weight excluding hydrogens is 518 g/mol. The van der Waals surface area contributed by atoms with Crippen molar-refractivity contribution in [2.45, 2.75) is 57.7 Å². The minimum absolute atomic E-state index is 0.0728. The predicted octanol–water partition coefficient (Wildman–Crippen LogP) is 7.43. The minimum Gasteiger partial charge on any atom is -0.490 e. The summed E-state index contributed by atoms with van der Waals surface area (Å²) in [6.45, 7) is 4.94. The second-order valence-corrected chi connectivity index (χ2v) is 11.3. The molecule has 0 aromatic heterocycles. The van der Waals surface area contributed by atoms with Gasteiger partial charge < -0.3 is 19.7 Å². The first-order valence-electron chi connectivity index (χ1n) is 14.0. The van der Waals surface area contributed by atoms with E-state index in [0.717, 1.165) is 36.1 Å². The molecule has 3 atom stereocenters. The van der Waals surface area contributed by atoms with Crippen LogP contribution < -0.4 is 14.8 Å². The molecule has 0 bridgehead atoms. The van der Waals surface area contributed by atoms with Crippen LogP contribution in [0.2, 0.25) is 0 Å². The van der Waals surface area contributed by atoms with Crippen LogP contribution >= 0.6 is 11.8 Å². The third-order valence-corrected chi connectivity index (χ3v) is 8.62. The number of ether oxygens (including phenoxy) is 2. The zero-order valence-corrected chi connectivity index (χ0v) is 23.8. The van der Waals surface area contributed by atoms with Gasteiger partial charge in [-0.15, -0.1) is 0 Å². The van der Waals surface area contributed by atoms with Crippen LogP contribution in [-0.2, 0) is 11.4 Å². The number of anilines is 1. The van der Waals surface area contributed by atoms with Gasteiger partial charge in [-0.05, 0) is 67.7 Å². The average Bonchev–Trinajstić information content (AvgIpc) is 3.27. The van der Waals surface area contributed by atoms with Crippen LogP contribution in [0.25, 0.3) is 6.08 Å². The number of rotatable bonds is 9. The van der Waals surface area contributed by atoms with Gasteiger partial charge in [-0.25, -0.2) is 0 Å². The molecule has 3 aromatic rings. The second-order valence-electron chi connectivity index (χ2n) is 10.2. The van der Waals surface area contributed by atoms with Crippen molar-refractivity contribution in [3.8, 4) is 17.6 Å². The molecule has 1 unspecified atom stereocenters. The Morgan fingerprint density at radius 2 is 1.80 bits per heavy atom. The fourth-order valence-electron chi connectivity index (χ4n) is 5.43. The highest BCUT2D eigenvalue weighted by Gasteiger charge is 2.42. The highest BCUT2D eigenvalue weighted by Crippen LogP contribution is 2.42. The maximum Gasteiger partial charge on any atom is 0.262 e. The summed E-state index contributed by atoms with van der Waals surface area (Å²) in [5.74, 6) is 1.75. The van der Waals surface area contributed by atoms with Gasteiger partial charge in [0.1, 0.15) is 6.61 Å². The third-order valence-electron chi connectivity index (χ3n) is 7.51. The fourth-order valence-corrected chi connectivity index (χ4v) is 6.64. The molecule has 1 aliphatic heterocycles. The van der Waals surface area contributed by atoms with E-state index in [0.29, 0.717) is 34.5 Å². The molecular formula is C33H35N3O3S. The van der Waals surface area contributed by atoms with E-state index in [1.165, 1.54) is 6.42 Å². The van der Waals surface area contributed by atoms with Gasteiger partial charge in [-0.2, -0.15) is 5.26 Å². The number of hydrogen-bond acceptors (Lipinski definition) is 6. The zero-order valence-electron chi connectivity index (χ0n) is 23.0. The Balaban J connectivity index is 1.39. The fraction of sp³-hybridized carbons (Fsp3) is 0.333. The van der Waals surface area contributed by atoms with Gasteiger partial charge in [0.05, 0.1) is 23.1 Å². The summed E-state index contributed by atoms with van der Waals surface area (Å²) in [6, 6.07) is 25.7. The maximum absolute atomic E-state index is 13.9. The summed E-state index contributed by atoms with van der Waals surface area (Å²) in [4.78, 5) is 16.7. The lowest BCUT2D eigenvalue weighted by Gasteiger charge is -2.39. The molecule has 2 fully saturated rings. The van der Waals surface area contributed by atoms with Gasteiger partial charge in [0.2, 0.25) is 0 Å². The van der Waals surface area contributed by atoms with Crippen LogP contribution in [0.1, 0.15) is 56.2 Å². The van der Waals surface area contributed by atoms with Gasteiger partial charge in [0.25, 0.3) is 5.91 Å². The highest BCUT2D eigenvalue weighted by molar-refractivity contribution is 8.05. The summed E-state index contributed by atoms with van der Waals surface area (Å²) in [7, 11) is 0. The maximum atomic E-state index is 13.9. The number of carbonyl (C=O) groups is 1. The Kier molecular flexibility index (Phi) is 8.98. The molecule has 1 N–H and O–H groups in total. The molecule has 3 aromatic carbocycles. The molecule has 5 rings (SSSR count). The van der Waals surface area contributed by atoms with E-state index in [-0.39, 0.29) is 24.1 Å². The summed E-state index contributed by atoms with van der Waals surface area (Å²) in [6.07, 6.45) is 6.51. The number of thioether (sulfide) groups is 1. The molecule has 206 valence electrons. The van der Waals surface area contributed by atoms with Crippen LogP contribution in [0.5, 0.6) is 11.5 Å². The Morgan fingerprint density at radius 1 is 1.02 bits per heavy atom. The summed E-state index contributed by atoms with van der Waals surface area (Å²) >= 11 is 1.57. The molecule has 0 spiro atoms. The number of hydrogen-bond donors (Lipinski definition) is 1. The van der Waals surface area contributed by atoms with Gasteiger partial charge >= 0.3 is 0 Å². The SMILES string of the molecule is CCOc1cc(/C=C2\SC(Nc3ccccc3)N([C@@H]3CCCC[C@@H]3C)C2=O)ccc1OCc1ccccc1C#N. The van der Waals surface area contributed by atoms with E-state index >= 15 is 0 Å². The topological polar surface area (TPSA) is 74.6 Å². The molecule has 7 heteroatoms. The van der Waals surface area contributed by atoms with E-state index < -0.39 is 0 Å². The monoisotopic (exact) mass is 553 g/mol. The lowest BCUT2D eigenvalue weighted by atomic mass is 9.85. The summed E-state index contributed by atoms with van der Waals surface area (Å²) < 4.78 is 12.0. The largest absolute Gasteiger partial charge is 0.490 e. The standard InChI is InChI=1S/C33H35N3O3S/c1-3-38-30-19-24(17-18-29(30)39-22-26-13-9-8-12-25(26)21-34)20-31-32(37)36(28-16-10-7-11-23(28)2)33(40-31)35-27-14-5-4-6-15-27/h4-6,8-9,12-15,17-20,23,28,33,35H,3,7,10-11,16,22H2,1-2H3/b31-20-/t23-,28+,33?/m0/s1. The molecule has 1 saturated heterocycles. The average molecular weight is 554 g/mol. The summed E-state index contributed by atoms with van der Waals surface area (Å²) in [5.41, 5.74) is 3.12. The first kappa shape index (κ1) is 27.7. The van der Waals surface area contributed by atoms with E-state index in [9.17, 15) is 10.1 Å². The van der Waals surface area contributed by atoms with Crippen molar-refractivity contribution in [1.29, 1.82) is 5.26 Å². The molecule has 2 aliphatic rings. The van der Waals surface area contributed by atoms with Gasteiger partial charge in [-0.1, -0.05) is 74.0 Å². The van der Waals surface area contributed by atoms with Crippen molar-refractivity contribution in [1.82, 2.24) is 4.90 Å². The number of nitrogens with one attached hydrogen (secondary N) is 1. The van der Waals surface area contributed by atoms with Crippen LogP contribution in [0.15, 0.2) is 77.7 Å². The molecule has 1 heterocycles. The Labute approximate surface area is 241 Å². The number of nitrogens with zero attached hydrogens (tertiary/aromatic N) is 2. The third kappa shape index (κ3) is 6.29. The molecule has 1 amide bonds. The first-order valence-corrected chi connectivity index (χ1v) is 14.9. The Bertz CT molecular complexity index is 1400. The normalized spacial score (nSPS) is 21.7. The highest BCUT2D eigenvalue weighted by atomic mass is 32.2. The Hall–Kier alpha value is -3.89. The lowest BCUT2D eigenvalue weighted by Crippen LogP contribution is -2.48. The van der Waals surface area contributed by atoms with Crippen molar-refractivity contribution in [3.63, 3.8) is 0 Å². The number of carbonyl (C=O) groups excluding carboxylic acids is 1. The number of para-hydroxylation sites is 1. The van der Waals surface area contributed by atoms with Crippen molar-refractivity contribution < 1.29 is 14.3 Å². The minimum atomic E-state index is -0.166. The summed E-state index contributed by atoms with van der Waals surface area (Å²) in [5, 5.41) is 13.0. The van der Waals surface area contributed by atoms with Gasteiger partial charge in [-0.3, -0.25) is 4.79 Å². The molecule has 1 saturated carbocycles. The van der Waals surface area contributed by atoms with E-state index in [1.54, 1.807) is 17.8 Å². The van der Waals surface area contributed by atoms with E-state index in [1.807, 2.05) is 79.7 Å². The van der Waals surface area contributed by atoms with Gasteiger partial charge in [0, 0.05) is 17.3 Å². The van der Waals surface area contributed by atoms with Crippen LogP contribution in [-0.4, -0.2) is 29.0 Å². The number of amides is 1. The molecule has 1 aliphatic carbocycles. The molecule has 0 radical (unpaired) electrons. The number of benzene rings is 3. The van der Waals surface area contributed by atoms with Crippen LogP contribution in [0.3, 0.4) is 0 Å². The number of nitriles is 1. The molecule has 6 nitrogen and oxygen atoms in total. The van der Waals surface area contributed by atoms with E-state index in [2.05, 4.69) is 23.2 Å². The quantitative estimate of drug-likeness (QED) is 0.278. The van der Waals surface area contributed by atoms with E-state index in [4.69, 9.17) is 9.47 Å². The van der Waals surface area contributed by atoms with Gasteiger partial charge in [0.15, 0.2) is 17.0 Å². The Morgan fingerprint density at radius 3 is 2.58 bits per heavy atom. The second kappa shape index (κ2) is 13.0. The van der Waals surface area contributed by atoms with Crippen molar-refractivity contribution in [2.24, 2.45) is 5.92 Å². The predicted molar refractivity (Wildman–Crippen MR) is 161 cm³/mol. The lowest BCUT2D eigenvalue weighted by molar-refractivity contribution is -0.129. The van der Waals surface area contributed by atoms with Crippen molar-refractivity contribution in [2.75, 3.05) is 11.9 Å². The smallest absolute Gasteiger partial charge is 0.262 e. The first-order chi connectivity index (χ1) is 19.6. The van der Waals surface area contributed by atoms with Crippen LogP contribution in [0.4, 0.5) is 5.69 Å². The zero-order chi connectivity index (χ0) is 27.9. The van der Waals surface area contributed by atoms with Crippen LogP contribution in [0, 0.1) is 17.2 Å². The van der Waals surface area contributed by atoms with Crippen molar-refractivity contribution >= 4 is 29.4 Å². The molecule has 40 heavy (non-hydrogen) atoms. The van der Waals surface area contributed by atoms with Crippen molar-refractivity contribution in [3.05, 3.63) is 94.4 Å².